The van der Waals surface area contributed by atoms with Crippen molar-refractivity contribution in [1.29, 1.82) is 0 Å². The Bertz CT molecular complexity index is 721. The molecule has 6 nitrogen and oxygen atoms in total. The van der Waals surface area contributed by atoms with Crippen molar-refractivity contribution in [2.24, 2.45) is 11.8 Å². The first-order valence-corrected chi connectivity index (χ1v) is 8.73. The number of carbonyl (C=O) groups excluding carboxylic acids is 1. The van der Waals surface area contributed by atoms with Crippen molar-refractivity contribution in [2.45, 2.75) is 19.3 Å². The monoisotopic (exact) mass is 359 g/mol. The zero-order chi connectivity index (χ0) is 18.5. The number of aromatic nitrogens is 2. The van der Waals surface area contributed by atoms with Gasteiger partial charge in [-0.2, -0.15) is 4.39 Å². The third-order valence-corrected chi connectivity index (χ3v) is 4.94. The minimum Gasteiger partial charge on any atom is -0.506 e. The lowest BCUT2D eigenvalue weighted by Gasteiger charge is -2.15. The topological polar surface area (TPSA) is 86.6 Å². The zero-order valence-corrected chi connectivity index (χ0v) is 14.4. The number of rotatable bonds is 3. The third-order valence-electron chi connectivity index (χ3n) is 4.94. The predicted molar refractivity (Wildman–Crippen MR) is 93.4 cm³/mol. The molecule has 0 unspecified atom stereocenters. The molecule has 1 saturated heterocycles. The van der Waals surface area contributed by atoms with Crippen LogP contribution in [0.4, 0.5) is 4.39 Å². The van der Waals surface area contributed by atoms with Gasteiger partial charge in [-0.05, 0) is 48.9 Å². The molecule has 0 amide bonds. The summed E-state index contributed by atoms with van der Waals surface area (Å²) in [7, 11) is 0. The number of Topliss-reactive ketones (excluding diaryl/α,β-unsaturated/α-hetero) is 1. The van der Waals surface area contributed by atoms with Gasteiger partial charge in [-0.25, -0.2) is 9.97 Å². The van der Waals surface area contributed by atoms with Gasteiger partial charge in [0.2, 0.25) is 0 Å². The molecule has 2 aromatic heterocycles. The number of hydrogen-bond acceptors (Lipinski definition) is 6. The molecule has 1 aliphatic carbocycles. The van der Waals surface area contributed by atoms with E-state index < -0.39 is 11.7 Å². The summed E-state index contributed by atoms with van der Waals surface area (Å²) in [6.07, 6.45) is 6.61. The van der Waals surface area contributed by atoms with Gasteiger partial charge in [0.1, 0.15) is 11.4 Å². The number of pyridine rings is 2. The molecule has 1 aliphatic heterocycles. The number of fused-ring (bicyclic) bond motifs is 1. The Balaban J connectivity index is 0.000000206. The summed E-state index contributed by atoms with van der Waals surface area (Å²) in [4.78, 5) is 21.4. The average molecular weight is 359 g/mol. The Morgan fingerprint density at radius 3 is 2.42 bits per heavy atom. The lowest BCUT2D eigenvalue weighted by molar-refractivity contribution is 0.0936. The molecule has 138 valence electrons. The zero-order valence-electron chi connectivity index (χ0n) is 14.4. The number of hydrogen-bond donors (Lipinski definition) is 2. The fourth-order valence-electron chi connectivity index (χ4n) is 3.67. The van der Waals surface area contributed by atoms with Crippen molar-refractivity contribution in [3.8, 4) is 11.5 Å². The predicted octanol–water partition coefficient (Wildman–Crippen LogP) is 2.63. The molecule has 0 spiro atoms. The van der Waals surface area contributed by atoms with Crippen LogP contribution in [0.15, 0.2) is 36.7 Å². The Morgan fingerprint density at radius 2 is 1.88 bits per heavy atom. The average Bonchev–Trinajstić information content (AvgIpc) is 3.20. The van der Waals surface area contributed by atoms with Crippen LogP contribution in [0.25, 0.3) is 0 Å². The van der Waals surface area contributed by atoms with Crippen LogP contribution in [0.2, 0.25) is 0 Å². The molecular formula is C19H22FN3O3. The molecule has 4 rings (SSSR count). The van der Waals surface area contributed by atoms with Crippen LogP contribution in [0.5, 0.6) is 11.5 Å². The van der Waals surface area contributed by atoms with Gasteiger partial charge in [-0.15, -0.1) is 0 Å². The van der Waals surface area contributed by atoms with Gasteiger partial charge >= 0.3 is 0 Å². The standard InChI is InChI=1S/C14H18N2O2.C5H4FNO/c17-12-4-5-13(15-6-12)14(18)9-16-7-10-2-1-3-11(10)8-16;6-5-4(8)2-1-3-7-5/h4-6,10-11,17H,1-3,7-9H2;1-3,8H/t10-,11+;. The van der Waals surface area contributed by atoms with Crippen molar-refractivity contribution >= 4 is 5.78 Å². The first kappa shape index (κ1) is 18.3. The Kier molecular flexibility index (Phi) is 5.78. The van der Waals surface area contributed by atoms with E-state index in [0.717, 1.165) is 24.9 Å². The van der Waals surface area contributed by atoms with Crippen LogP contribution in [-0.4, -0.2) is 50.5 Å². The van der Waals surface area contributed by atoms with Crippen molar-refractivity contribution in [3.63, 3.8) is 0 Å². The van der Waals surface area contributed by atoms with Crippen molar-refractivity contribution in [3.05, 3.63) is 48.3 Å². The van der Waals surface area contributed by atoms with E-state index in [2.05, 4.69) is 14.9 Å². The third kappa shape index (κ3) is 4.54. The van der Waals surface area contributed by atoms with E-state index >= 15 is 0 Å². The second kappa shape index (κ2) is 8.23. The molecule has 2 atom stereocenters. The summed E-state index contributed by atoms with van der Waals surface area (Å²) < 4.78 is 12.0. The number of halogens is 1. The van der Waals surface area contributed by atoms with E-state index in [1.807, 2.05) is 0 Å². The number of likely N-dealkylation sites (tertiary alicyclic amines) is 1. The van der Waals surface area contributed by atoms with Crippen LogP contribution in [-0.2, 0) is 0 Å². The highest BCUT2D eigenvalue weighted by atomic mass is 19.1. The Labute approximate surface area is 151 Å². The largest absolute Gasteiger partial charge is 0.506 e. The van der Waals surface area contributed by atoms with E-state index in [1.165, 1.54) is 49.9 Å². The van der Waals surface area contributed by atoms with Crippen LogP contribution in [0.3, 0.4) is 0 Å². The Hall–Kier alpha value is -2.54. The first-order valence-electron chi connectivity index (χ1n) is 8.73. The van der Waals surface area contributed by atoms with Gasteiger partial charge in [-0.3, -0.25) is 9.69 Å². The maximum atomic E-state index is 12.0. The first-order chi connectivity index (χ1) is 12.5. The molecule has 7 heteroatoms. The fourth-order valence-corrected chi connectivity index (χ4v) is 3.67. The maximum Gasteiger partial charge on any atom is 0.254 e. The molecule has 0 aromatic carbocycles. The smallest absolute Gasteiger partial charge is 0.254 e. The summed E-state index contributed by atoms with van der Waals surface area (Å²) in [5.41, 5.74) is 0.449. The van der Waals surface area contributed by atoms with Crippen LogP contribution in [0.1, 0.15) is 29.8 Å². The maximum absolute atomic E-state index is 12.0. The quantitative estimate of drug-likeness (QED) is 0.647. The SMILES string of the molecule is O=C(CN1C[C@H]2CCC[C@H]2C1)c1ccc(O)cn1.Oc1cccnc1F. The molecule has 26 heavy (non-hydrogen) atoms. The van der Waals surface area contributed by atoms with Gasteiger partial charge < -0.3 is 10.2 Å². The normalized spacial score (nSPS) is 21.7. The van der Waals surface area contributed by atoms with Crippen molar-refractivity contribution in [2.75, 3.05) is 19.6 Å². The van der Waals surface area contributed by atoms with Crippen LogP contribution >= 0.6 is 0 Å². The van der Waals surface area contributed by atoms with Crippen molar-refractivity contribution in [1.82, 2.24) is 14.9 Å². The van der Waals surface area contributed by atoms with Gasteiger partial charge in [0, 0.05) is 19.3 Å². The van der Waals surface area contributed by atoms with E-state index in [9.17, 15) is 9.18 Å². The number of ketones is 1. The molecule has 0 bridgehead atoms. The minimum absolute atomic E-state index is 0.0509. The number of aromatic hydroxyl groups is 2. The summed E-state index contributed by atoms with van der Waals surface area (Å²) in [6.45, 7) is 2.59. The van der Waals surface area contributed by atoms with Gasteiger partial charge in [0.15, 0.2) is 11.5 Å². The van der Waals surface area contributed by atoms with Gasteiger partial charge in [-0.1, -0.05) is 6.42 Å². The van der Waals surface area contributed by atoms with E-state index in [1.54, 1.807) is 6.07 Å². The van der Waals surface area contributed by atoms with Gasteiger partial charge in [0.05, 0.1) is 12.7 Å². The lowest BCUT2D eigenvalue weighted by atomic mass is 10.0. The Morgan fingerprint density at radius 1 is 1.15 bits per heavy atom. The molecule has 0 radical (unpaired) electrons. The molecule has 2 aliphatic rings. The second-order valence-electron chi connectivity index (χ2n) is 6.78. The minimum atomic E-state index is -0.826. The van der Waals surface area contributed by atoms with E-state index in [0.29, 0.717) is 12.2 Å². The molecular weight excluding hydrogens is 337 g/mol. The fraction of sp³-hybridized carbons (Fsp3) is 0.421. The van der Waals surface area contributed by atoms with Crippen LogP contribution in [0, 0.1) is 17.8 Å². The number of nitrogens with zero attached hydrogens (tertiary/aromatic N) is 3. The van der Waals surface area contributed by atoms with Crippen LogP contribution < -0.4 is 0 Å². The highest BCUT2D eigenvalue weighted by Gasteiger charge is 2.36. The lowest BCUT2D eigenvalue weighted by Crippen LogP contribution is -2.29. The summed E-state index contributed by atoms with van der Waals surface area (Å²) in [5.74, 6) is 0.536. The van der Waals surface area contributed by atoms with E-state index in [4.69, 9.17) is 10.2 Å². The second-order valence-corrected chi connectivity index (χ2v) is 6.78. The molecule has 1 saturated carbocycles. The number of carbonyl (C=O) groups is 1. The highest BCUT2D eigenvalue weighted by Crippen LogP contribution is 2.37. The molecule has 2 fully saturated rings. The molecule has 2 N–H and O–H groups in total. The van der Waals surface area contributed by atoms with Gasteiger partial charge in [0.25, 0.3) is 5.95 Å². The molecule has 2 aromatic rings. The van der Waals surface area contributed by atoms with Crippen molar-refractivity contribution < 1.29 is 19.4 Å². The van der Waals surface area contributed by atoms with E-state index in [-0.39, 0.29) is 11.5 Å². The summed E-state index contributed by atoms with van der Waals surface area (Å²) in [5, 5.41) is 17.6. The summed E-state index contributed by atoms with van der Waals surface area (Å²) in [6, 6.07) is 5.80. The highest BCUT2D eigenvalue weighted by molar-refractivity contribution is 5.95. The molecule has 3 heterocycles. The summed E-state index contributed by atoms with van der Waals surface area (Å²) >= 11 is 0.